The maximum Gasteiger partial charge on any atom is 0.262 e. The molecule has 1 saturated heterocycles. The second-order valence-electron chi connectivity index (χ2n) is 6.06. The number of rotatable bonds is 7. The lowest BCUT2D eigenvalue weighted by Crippen LogP contribution is -2.24. The summed E-state index contributed by atoms with van der Waals surface area (Å²) in [6.07, 6.45) is 1.39. The summed E-state index contributed by atoms with van der Waals surface area (Å²) in [5.74, 6) is 0.00252. The van der Waals surface area contributed by atoms with Crippen molar-refractivity contribution >= 4 is 23.2 Å². The van der Waals surface area contributed by atoms with E-state index in [0.717, 1.165) is 12.1 Å². The molecular formula is C20H21FN2O4. The van der Waals surface area contributed by atoms with Crippen LogP contribution < -0.4 is 19.7 Å². The van der Waals surface area contributed by atoms with Crippen molar-refractivity contribution in [2.24, 2.45) is 0 Å². The van der Waals surface area contributed by atoms with Crippen LogP contribution in [0, 0.1) is 5.82 Å². The first-order valence-corrected chi connectivity index (χ1v) is 8.82. The van der Waals surface area contributed by atoms with Crippen LogP contribution in [-0.4, -0.2) is 31.6 Å². The zero-order chi connectivity index (χ0) is 19.2. The molecule has 142 valence electrons. The highest BCUT2D eigenvalue weighted by atomic mass is 19.1. The van der Waals surface area contributed by atoms with Gasteiger partial charge in [0.15, 0.2) is 6.61 Å². The molecular weight excluding hydrogens is 351 g/mol. The van der Waals surface area contributed by atoms with E-state index in [1.807, 2.05) is 6.07 Å². The normalized spacial score (nSPS) is 13.6. The number of amides is 2. The molecule has 1 fully saturated rings. The van der Waals surface area contributed by atoms with Gasteiger partial charge < -0.3 is 19.7 Å². The van der Waals surface area contributed by atoms with Crippen LogP contribution in [0.15, 0.2) is 42.5 Å². The first-order chi connectivity index (χ1) is 13.1. The van der Waals surface area contributed by atoms with E-state index in [-0.39, 0.29) is 18.3 Å². The third-order valence-electron chi connectivity index (χ3n) is 4.09. The zero-order valence-electron chi connectivity index (χ0n) is 15.0. The first kappa shape index (κ1) is 18.7. The minimum absolute atomic E-state index is 0.0876. The second-order valence-corrected chi connectivity index (χ2v) is 6.06. The molecule has 0 aliphatic carbocycles. The highest BCUT2D eigenvalue weighted by Gasteiger charge is 2.21. The zero-order valence-corrected chi connectivity index (χ0v) is 15.0. The number of ether oxygens (including phenoxy) is 2. The monoisotopic (exact) mass is 372 g/mol. The number of anilines is 2. The Hall–Kier alpha value is -3.09. The Balaban J connectivity index is 1.60. The van der Waals surface area contributed by atoms with Crippen LogP contribution >= 0.6 is 0 Å². The maximum atomic E-state index is 13.3. The Labute approximate surface area is 156 Å². The fraction of sp³-hybridized carbons (Fsp3) is 0.300. The third-order valence-corrected chi connectivity index (χ3v) is 4.09. The Morgan fingerprint density at radius 2 is 2.07 bits per heavy atom. The Kier molecular flexibility index (Phi) is 5.90. The maximum absolute atomic E-state index is 13.3. The fourth-order valence-corrected chi connectivity index (χ4v) is 2.87. The van der Waals surface area contributed by atoms with E-state index >= 15 is 0 Å². The number of hydrogen-bond donors (Lipinski definition) is 1. The minimum Gasteiger partial charge on any atom is -0.492 e. The molecule has 0 aromatic heterocycles. The number of halogens is 1. The molecule has 27 heavy (non-hydrogen) atoms. The highest BCUT2D eigenvalue weighted by molar-refractivity contribution is 5.95. The number of nitrogens with zero attached hydrogens (tertiary/aromatic N) is 1. The van der Waals surface area contributed by atoms with Gasteiger partial charge in [-0.05, 0) is 37.6 Å². The molecule has 6 nitrogen and oxygen atoms in total. The van der Waals surface area contributed by atoms with Crippen LogP contribution in [0.2, 0.25) is 0 Å². The number of carbonyl (C=O) groups excluding carboxylic acids is 2. The summed E-state index contributed by atoms with van der Waals surface area (Å²) in [5, 5.41) is 2.65. The Bertz CT molecular complexity index is 840. The van der Waals surface area contributed by atoms with E-state index in [0.29, 0.717) is 31.0 Å². The lowest BCUT2D eigenvalue weighted by atomic mass is 10.2. The lowest BCUT2D eigenvalue weighted by molar-refractivity contribution is -0.118. The smallest absolute Gasteiger partial charge is 0.262 e. The Morgan fingerprint density at radius 3 is 2.81 bits per heavy atom. The predicted molar refractivity (Wildman–Crippen MR) is 99.7 cm³/mol. The van der Waals surface area contributed by atoms with Crippen molar-refractivity contribution in [1.82, 2.24) is 0 Å². The summed E-state index contributed by atoms with van der Waals surface area (Å²) in [4.78, 5) is 25.7. The molecule has 0 saturated carbocycles. The Morgan fingerprint density at radius 1 is 1.22 bits per heavy atom. The molecule has 2 aromatic rings. The van der Waals surface area contributed by atoms with Crippen LogP contribution in [0.25, 0.3) is 0 Å². The summed E-state index contributed by atoms with van der Waals surface area (Å²) < 4.78 is 24.2. The predicted octanol–water partition coefficient (Wildman–Crippen LogP) is 3.37. The van der Waals surface area contributed by atoms with Gasteiger partial charge in [-0.1, -0.05) is 6.07 Å². The summed E-state index contributed by atoms with van der Waals surface area (Å²) >= 11 is 0. The van der Waals surface area contributed by atoms with Crippen molar-refractivity contribution in [2.45, 2.75) is 19.8 Å². The van der Waals surface area contributed by atoms with Crippen LogP contribution in [0.3, 0.4) is 0 Å². The van der Waals surface area contributed by atoms with Crippen LogP contribution in [0.4, 0.5) is 15.8 Å². The van der Waals surface area contributed by atoms with E-state index in [1.165, 1.54) is 18.2 Å². The summed E-state index contributed by atoms with van der Waals surface area (Å²) in [5.41, 5.74) is 1.14. The van der Waals surface area contributed by atoms with Crippen molar-refractivity contribution in [3.8, 4) is 11.5 Å². The van der Waals surface area contributed by atoms with Crippen LogP contribution in [-0.2, 0) is 9.59 Å². The number of hydrogen-bond acceptors (Lipinski definition) is 4. The molecule has 7 heteroatoms. The van der Waals surface area contributed by atoms with Gasteiger partial charge in [0.05, 0.1) is 12.3 Å². The highest BCUT2D eigenvalue weighted by Crippen LogP contribution is 2.27. The van der Waals surface area contributed by atoms with Crippen molar-refractivity contribution in [2.75, 3.05) is 30.0 Å². The van der Waals surface area contributed by atoms with Gasteiger partial charge in [-0.25, -0.2) is 4.39 Å². The molecule has 1 heterocycles. The van der Waals surface area contributed by atoms with Crippen LogP contribution in [0.1, 0.15) is 19.8 Å². The summed E-state index contributed by atoms with van der Waals surface area (Å²) in [6, 6.07) is 11.0. The topological polar surface area (TPSA) is 67.9 Å². The van der Waals surface area contributed by atoms with E-state index in [4.69, 9.17) is 9.47 Å². The van der Waals surface area contributed by atoms with E-state index in [1.54, 1.807) is 30.0 Å². The van der Waals surface area contributed by atoms with Crippen molar-refractivity contribution in [3.63, 3.8) is 0 Å². The van der Waals surface area contributed by atoms with Crippen molar-refractivity contribution in [1.29, 1.82) is 0 Å². The minimum atomic E-state index is -0.444. The molecule has 2 amide bonds. The molecule has 0 spiro atoms. The molecule has 0 bridgehead atoms. The third kappa shape index (κ3) is 4.75. The van der Waals surface area contributed by atoms with Crippen LogP contribution in [0.5, 0.6) is 11.5 Å². The molecule has 0 radical (unpaired) electrons. The van der Waals surface area contributed by atoms with Crippen molar-refractivity contribution in [3.05, 3.63) is 48.3 Å². The molecule has 1 aliphatic heterocycles. The fourth-order valence-electron chi connectivity index (χ4n) is 2.87. The molecule has 1 aliphatic rings. The van der Waals surface area contributed by atoms with Gasteiger partial charge in [-0.2, -0.15) is 0 Å². The summed E-state index contributed by atoms with van der Waals surface area (Å²) in [7, 11) is 0. The van der Waals surface area contributed by atoms with Gasteiger partial charge >= 0.3 is 0 Å². The van der Waals surface area contributed by atoms with E-state index in [9.17, 15) is 14.0 Å². The molecule has 1 N–H and O–H groups in total. The first-order valence-electron chi connectivity index (χ1n) is 8.82. The van der Waals surface area contributed by atoms with Gasteiger partial charge in [0.25, 0.3) is 5.91 Å². The van der Waals surface area contributed by atoms with Crippen molar-refractivity contribution < 1.29 is 23.5 Å². The average Bonchev–Trinajstić information content (AvgIpc) is 3.09. The summed E-state index contributed by atoms with van der Waals surface area (Å²) in [6.45, 7) is 2.59. The molecule has 0 unspecified atom stereocenters. The largest absolute Gasteiger partial charge is 0.492 e. The quantitative estimate of drug-likeness (QED) is 0.809. The average molecular weight is 372 g/mol. The van der Waals surface area contributed by atoms with Gasteiger partial charge in [-0.3, -0.25) is 9.59 Å². The second kappa shape index (κ2) is 8.53. The SMILES string of the molecule is CCOc1cc(F)ccc1NC(=O)COc1cccc(N2CCCC2=O)c1. The molecule has 3 rings (SSSR count). The standard InChI is InChI=1S/C20H21FN2O4/c1-2-26-18-11-14(21)8-9-17(18)22-19(24)13-27-16-6-3-5-15(12-16)23-10-4-7-20(23)25/h3,5-6,8-9,11-12H,2,4,7,10,13H2,1H3,(H,22,24). The molecule has 0 atom stereocenters. The van der Waals surface area contributed by atoms with Gasteiger partial charge in [0.1, 0.15) is 17.3 Å². The number of carbonyl (C=O) groups is 2. The van der Waals surface area contributed by atoms with Gasteiger partial charge in [0, 0.05) is 30.8 Å². The van der Waals surface area contributed by atoms with Gasteiger partial charge in [-0.15, -0.1) is 0 Å². The number of nitrogens with one attached hydrogen (secondary N) is 1. The van der Waals surface area contributed by atoms with E-state index in [2.05, 4.69) is 5.32 Å². The van der Waals surface area contributed by atoms with E-state index < -0.39 is 11.7 Å². The number of benzene rings is 2. The lowest BCUT2D eigenvalue weighted by Gasteiger charge is -2.17. The van der Waals surface area contributed by atoms with Gasteiger partial charge in [0.2, 0.25) is 5.91 Å². The molecule has 2 aromatic carbocycles.